The van der Waals surface area contributed by atoms with Crippen LogP contribution in [0, 0.1) is 0 Å². The molecule has 4 nitrogen and oxygen atoms in total. The van der Waals surface area contributed by atoms with Crippen molar-refractivity contribution in [2.75, 3.05) is 0 Å². The number of nitrogens with zero attached hydrogens (tertiary/aromatic N) is 4. The molecule has 0 bridgehead atoms. The van der Waals surface area contributed by atoms with Crippen molar-refractivity contribution in [1.29, 1.82) is 0 Å². The molecule has 0 atom stereocenters. The lowest BCUT2D eigenvalue weighted by Crippen LogP contribution is -1.97. The first kappa shape index (κ1) is 15.3. The summed E-state index contributed by atoms with van der Waals surface area (Å²) >= 11 is 0. The average Bonchev–Trinajstić information content (AvgIpc) is 3.11. The fourth-order valence-electron chi connectivity index (χ4n) is 2.20. The average molecular weight is 303 g/mol. The van der Waals surface area contributed by atoms with Gasteiger partial charge in [-0.3, -0.25) is 0 Å². The van der Waals surface area contributed by atoms with Crippen LogP contribution < -0.4 is 0 Å². The zero-order chi connectivity index (χ0) is 13.9. The van der Waals surface area contributed by atoms with Gasteiger partial charge in [-0.1, -0.05) is 26.0 Å². The number of halogens is 1. The molecule has 110 valence electrons. The summed E-state index contributed by atoms with van der Waals surface area (Å²) < 4.78 is 4.08. The van der Waals surface area contributed by atoms with Crippen LogP contribution in [0.5, 0.6) is 0 Å². The van der Waals surface area contributed by atoms with Gasteiger partial charge in [0.2, 0.25) is 0 Å². The van der Waals surface area contributed by atoms with Crippen molar-refractivity contribution in [3.05, 3.63) is 66.8 Å². The van der Waals surface area contributed by atoms with E-state index in [2.05, 4.69) is 58.8 Å². The van der Waals surface area contributed by atoms with Gasteiger partial charge in [-0.2, -0.15) is 0 Å². The van der Waals surface area contributed by atoms with Crippen molar-refractivity contribution in [3.8, 4) is 5.69 Å². The summed E-state index contributed by atoms with van der Waals surface area (Å²) in [5, 5.41) is 0. The van der Waals surface area contributed by atoms with Crippen LogP contribution in [-0.2, 0) is 6.54 Å². The molecule has 0 N–H and O–H groups in total. The van der Waals surface area contributed by atoms with Crippen molar-refractivity contribution in [1.82, 2.24) is 19.1 Å². The molecule has 0 saturated carbocycles. The van der Waals surface area contributed by atoms with E-state index >= 15 is 0 Å². The van der Waals surface area contributed by atoms with Gasteiger partial charge in [-0.05, 0) is 23.6 Å². The van der Waals surface area contributed by atoms with E-state index in [-0.39, 0.29) is 12.4 Å². The minimum atomic E-state index is 0. The molecule has 0 unspecified atom stereocenters. The summed E-state index contributed by atoms with van der Waals surface area (Å²) in [6.45, 7) is 5.16. The monoisotopic (exact) mass is 302 g/mol. The van der Waals surface area contributed by atoms with Gasteiger partial charge < -0.3 is 9.13 Å². The molecule has 3 aromatic rings. The van der Waals surface area contributed by atoms with Crippen LogP contribution in [0.2, 0.25) is 0 Å². The van der Waals surface area contributed by atoms with E-state index in [1.165, 1.54) is 5.56 Å². The van der Waals surface area contributed by atoms with Crippen LogP contribution in [-0.4, -0.2) is 19.1 Å². The first-order chi connectivity index (χ1) is 9.72. The molecular weight excluding hydrogens is 284 g/mol. The number of imidazole rings is 2. The minimum absolute atomic E-state index is 0. The second kappa shape index (κ2) is 6.59. The molecule has 2 aromatic heterocycles. The molecule has 1 aromatic carbocycles. The van der Waals surface area contributed by atoms with Crippen LogP contribution in [0.1, 0.15) is 31.0 Å². The normalized spacial score (nSPS) is 10.6. The second-order valence-corrected chi connectivity index (χ2v) is 5.26. The maximum absolute atomic E-state index is 4.46. The van der Waals surface area contributed by atoms with Gasteiger partial charge >= 0.3 is 0 Å². The standard InChI is InChI=1S/C16H18N4.ClH/c1-13(2)14-4-3-5-16(8-14)20-10-15(18-12-20)9-19-7-6-17-11-19;/h3-8,10-13H,9H2,1-2H3;1H. The van der Waals surface area contributed by atoms with E-state index in [0.29, 0.717) is 5.92 Å². The summed E-state index contributed by atoms with van der Waals surface area (Å²) in [7, 11) is 0. The fraction of sp³-hybridized carbons (Fsp3) is 0.250. The Morgan fingerprint density at radius 1 is 1.19 bits per heavy atom. The van der Waals surface area contributed by atoms with Crippen molar-refractivity contribution in [2.45, 2.75) is 26.3 Å². The van der Waals surface area contributed by atoms with Crippen molar-refractivity contribution in [2.24, 2.45) is 0 Å². The largest absolute Gasteiger partial charge is 0.331 e. The molecule has 0 fully saturated rings. The first-order valence-corrected chi connectivity index (χ1v) is 6.81. The predicted molar refractivity (Wildman–Crippen MR) is 86.2 cm³/mol. The van der Waals surface area contributed by atoms with Crippen molar-refractivity contribution in [3.63, 3.8) is 0 Å². The van der Waals surface area contributed by atoms with E-state index in [9.17, 15) is 0 Å². The van der Waals surface area contributed by atoms with Crippen molar-refractivity contribution >= 4 is 12.4 Å². The molecule has 21 heavy (non-hydrogen) atoms. The second-order valence-electron chi connectivity index (χ2n) is 5.26. The molecule has 0 aliphatic heterocycles. The number of hydrogen-bond donors (Lipinski definition) is 0. The molecule has 0 aliphatic carbocycles. The van der Waals surface area contributed by atoms with Crippen LogP contribution in [0.3, 0.4) is 0 Å². The zero-order valence-corrected chi connectivity index (χ0v) is 13.0. The lowest BCUT2D eigenvalue weighted by Gasteiger charge is -2.08. The van der Waals surface area contributed by atoms with E-state index in [0.717, 1.165) is 17.9 Å². The van der Waals surface area contributed by atoms with Gasteiger partial charge in [-0.15, -0.1) is 12.4 Å². The first-order valence-electron chi connectivity index (χ1n) is 6.81. The summed E-state index contributed by atoms with van der Waals surface area (Å²) in [5.41, 5.74) is 3.52. The quantitative estimate of drug-likeness (QED) is 0.737. The smallest absolute Gasteiger partial charge is 0.0996 e. The third-order valence-corrected chi connectivity index (χ3v) is 3.37. The lowest BCUT2D eigenvalue weighted by molar-refractivity contribution is 0.778. The van der Waals surface area contributed by atoms with E-state index in [1.807, 2.05) is 17.1 Å². The molecule has 0 saturated heterocycles. The topological polar surface area (TPSA) is 35.6 Å². The molecular formula is C16H19ClN4. The van der Waals surface area contributed by atoms with Gasteiger partial charge in [0.05, 0.1) is 24.9 Å². The van der Waals surface area contributed by atoms with Crippen LogP contribution >= 0.6 is 12.4 Å². The van der Waals surface area contributed by atoms with Crippen LogP contribution in [0.15, 0.2) is 55.5 Å². The zero-order valence-electron chi connectivity index (χ0n) is 12.2. The maximum atomic E-state index is 4.46. The predicted octanol–water partition coefficient (Wildman–Crippen LogP) is 3.66. The SMILES string of the molecule is CC(C)c1cccc(-n2cnc(Cn3ccnc3)c2)c1.Cl. The molecule has 0 radical (unpaired) electrons. The third kappa shape index (κ3) is 3.52. The Balaban J connectivity index is 0.00000161. The fourth-order valence-corrected chi connectivity index (χ4v) is 2.20. The molecule has 0 spiro atoms. The maximum Gasteiger partial charge on any atom is 0.0996 e. The number of aromatic nitrogens is 4. The van der Waals surface area contributed by atoms with E-state index in [4.69, 9.17) is 0 Å². The van der Waals surface area contributed by atoms with Gasteiger partial charge in [0.15, 0.2) is 0 Å². The number of rotatable bonds is 4. The summed E-state index contributed by atoms with van der Waals surface area (Å²) in [6, 6.07) is 8.58. The minimum Gasteiger partial charge on any atom is -0.331 e. The number of hydrogen-bond acceptors (Lipinski definition) is 2. The van der Waals surface area contributed by atoms with E-state index in [1.54, 1.807) is 12.5 Å². The Labute approximate surface area is 130 Å². The summed E-state index contributed by atoms with van der Waals surface area (Å²) in [4.78, 5) is 8.50. The van der Waals surface area contributed by atoms with Gasteiger partial charge in [0.1, 0.15) is 0 Å². The summed E-state index contributed by atoms with van der Waals surface area (Å²) in [5.74, 6) is 0.531. The Morgan fingerprint density at radius 3 is 2.76 bits per heavy atom. The molecule has 5 heteroatoms. The third-order valence-electron chi connectivity index (χ3n) is 3.37. The highest BCUT2D eigenvalue weighted by Crippen LogP contribution is 2.18. The highest BCUT2D eigenvalue weighted by molar-refractivity contribution is 5.85. The lowest BCUT2D eigenvalue weighted by atomic mass is 10.0. The highest BCUT2D eigenvalue weighted by Gasteiger charge is 2.04. The van der Waals surface area contributed by atoms with Crippen molar-refractivity contribution < 1.29 is 0 Å². The number of benzene rings is 1. The van der Waals surface area contributed by atoms with Gasteiger partial charge in [0.25, 0.3) is 0 Å². The molecule has 3 rings (SSSR count). The Bertz CT molecular complexity index is 686. The summed E-state index contributed by atoms with van der Waals surface area (Å²) in [6.07, 6.45) is 9.46. The van der Waals surface area contributed by atoms with Crippen LogP contribution in [0.25, 0.3) is 5.69 Å². The van der Waals surface area contributed by atoms with Crippen LogP contribution in [0.4, 0.5) is 0 Å². The Hall–Kier alpha value is -2.07. The Morgan fingerprint density at radius 2 is 2.05 bits per heavy atom. The van der Waals surface area contributed by atoms with Gasteiger partial charge in [0, 0.05) is 24.3 Å². The molecule has 0 amide bonds. The molecule has 0 aliphatic rings. The highest BCUT2D eigenvalue weighted by atomic mass is 35.5. The van der Waals surface area contributed by atoms with E-state index < -0.39 is 0 Å². The molecule has 2 heterocycles. The Kier molecular flexibility index (Phi) is 4.81. The van der Waals surface area contributed by atoms with Gasteiger partial charge in [-0.25, -0.2) is 9.97 Å².